The predicted molar refractivity (Wildman–Crippen MR) is 100 cm³/mol. The number of imidazole rings is 1. The molecule has 0 spiro atoms. The van der Waals surface area contributed by atoms with Crippen LogP contribution in [0.25, 0.3) is 5.82 Å². The Morgan fingerprint density at radius 2 is 2.30 bits per heavy atom. The summed E-state index contributed by atoms with van der Waals surface area (Å²) < 4.78 is 21.6. The molecule has 7 nitrogen and oxygen atoms in total. The maximum Gasteiger partial charge on any atom is 0.229 e. The van der Waals surface area contributed by atoms with Gasteiger partial charge in [0.15, 0.2) is 11.6 Å². The summed E-state index contributed by atoms with van der Waals surface area (Å²) >= 11 is 0. The summed E-state index contributed by atoms with van der Waals surface area (Å²) in [5.41, 5.74) is 1.94. The molecule has 1 aliphatic heterocycles. The molecule has 1 aromatic carbocycles. The second kappa shape index (κ2) is 7.71. The van der Waals surface area contributed by atoms with Crippen molar-refractivity contribution in [2.75, 3.05) is 18.4 Å². The number of hydrogen-bond acceptors (Lipinski definition) is 6. The lowest BCUT2D eigenvalue weighted by Gasteiger charge is -2.15. The van der Waals surface area contributed by atoms with Crippen LogP contribution in [0, 0.1) is 5.82 Å². The largest absolute Gasteiger partial charge is 0.489 e. The van der Waals surface area contributed by atoms with Crippen LogP contribution in [0.2, 0.25) is 0 Å². The van der Waals surface area contributed by atoms with E-state index in [2.05, 4.69) is 32.5 Å². The molecular formula is C19H21FN6O. The van der Waals surface area contributed by atoms with Crippen molar-refractivity contribution in [3.8, 4) is 11.6 Å². The minimum atomic E-state index is -0.515. The lowest BCUT2D eigenvalue weighted by molar-refractivity contribution is 0.223. The van der Waals surface area contributed by atoms with Crippen LogP contribution in [0.5, 0.6) is 5.75 Å². The molecule has 2 N–H and O–H groups in total. The van der Waals surface area contributed by atoms with E-state index in [0.717, 1.165) is 49.1 Å². The molecule has 1 fully saturated rings. The lowest BCUT2D eigenvalue weighted by Crippen LogP contribution is -2.19. The van der Waals surface area contributed by atoms with Crippen LogP contribution in [0.3, 0.4) is 0 Å². The molecule has 3 aromatic rings. The molecule has 140 valence electrons. The Labute approximate surface area is 156 Å². The molecule has 4 rings (SSSR count). The molecular weight excluding hydrogens is 347 g/mol. The molecule has 27 heavy (non-hydrogen) atoms. The molecule has 1 saturated heterocycles. The molecule has 1 aliphatic rings. The first-order valence-electron chi connectivity index (χ1n) is 9.00. The van der Waals surface area contributed by atoms with E-state index in [1.54, 1.807) is 12.4 Å². The third-order valence-corrected chi connectivity index (χ3v) is 4.42. The molecule has 0 radical (unpaired) electrons. The average Bonchev–Trinajstić information content (AvgIpc) is 3.37. The van der Waals surface area contributed by atoms with Gasteiger partial charge in [-0.1, -0.05) is 6.92 Å². The summed E-state index contributed by atoms with van der Waals surface area (Å²) in [7, 11) is 0. The quantitative estimate of drug-likeness (QED) is 0.697. The smallest absolute Gasteiger partial charge is 0.229 e. The van der Waals surface area contributed by atoms with Crippen LogP contribution >= 0.6 is 0 Å². The minimum absolute atomic E-state index is 0.144. The SMILES string of the molecule is CCc1cc(Nc2ncc(F)c(-n3ccnc3)n2)cc(O[C@@H]2CCNC2)c1. The van der Waals surface area contributed by atoms with E-state index < -0.39 is 5.82 Å². The van der Waals surface area contributed by atoms with Gasteiger partial charge in [0, 0.05) is 30.7 Å². The van der Waals surface area contributed by atoms with Gasteiger partial charge in [0.05, 0.1) is 6.20 Å². The van der Waals surface area contributed by atoms with Crippen molar-refractivity contribution in [1.82, 2.24) is 24.8 Å². The molecule has 8 heteroatoms. The first kappa shape index (κ1) is 17.4. The Hall–Kier alpha value is -3.00. The van der Waals surface area contributed by atoms with Gasteiger partial charge in [0.1, 0.15) is 18.2 Å². The van der Waals surface area contributed by atoms with Crippen molar-refractivity contribution in [2.45, 2.75) is 25.9 Å². The molecule has 0 saturated carbocycles. The van der Waals surface area contributed by atoms with Gasteiger partial charge in [0.2, 0.25) is 5.95 Å². The van der Waals surface area contributed by atoms with Crippen LogP contribution in [-0.4, -0.2) is 38.7 Å². The Kier molecular flexibility index (Phi) is 4.97. The zero-order valence-corrected chi connectivity index (χ0v) is 15.0. The number of nitrogens with zero attached hydrogens (tertiary/aromatic N) is 4. The minimum Gasteiger partial charge on any atom is -0.489 e. The van der Waals surface area contributed by atoms with Crippen LogP contribution in [0.1, 0.15) is 18.9 Å². The highest BCUT2D eigenvalue weighted by Crippen LogP contribution is 2.25. The van der Waals surface area contributed by atoms with Gasteiger partial charge in [-0.05, 0) is 37.1 Å². The fourth-order valence-corrected chi connectivity index (χ4v) is 3.04. The monoisotopic (exact) mass is 368 g/mol. The van der Waals surface area contributed by atoms with Crippen LogP contribution in [0.15, 0.2) is 43.1 Å². The maximum atomic E-state index is 14.1. The number of anilines is 2. The van der Waals surface area contributed by atoms with E-state index in [9.17, 15) is 4.39 Å². The first-order valence-corrected chi connectivity index (χ1v) is 9.00. The predicted octanol–water partition coefficient (Wildman–Crippen LogP) is 2.85. The normalized spacial score (nSPS) is 16.4. The lowest BCUT2D eigenvalue weighted by atomic mass is 10.1. The van der Waals surface area contributed by atoms with Gasteiger partial charge in [-0.3, -0.25) is 4.57 Å². The van der Waals surface area contributed by atoms with Crippen molar-refractivity contribution in [2.24, 2.45) is 0 Å². The highest BCUT2D eigenvalue weighted by atomic mass is 19.1. The van der Waals surface area contributed by atoms with Crippen molar-refractivity contribution < 1.29 is 9.13 Å². The Balaban J connectivity index is 1.59. The summed E-state index contributed by atoms with van der Waals surface area (Å²) in [5, 5.41) is 6.45. The number of ether oxygens (including phenoxy) is 1. The summed E-state index contributed by atoms with van der Waals surface area (Å²) in [5.74, 6) is 0.744. The van der Waals surface area contributed by atoms with Crippen molar-refractivity contribution in [3.63, 3.8) is 0 Å². The topological polar surface area (TPSA) is 76.9 Å². The Morgan fingerprint density at radius 1 is 1.37 bits per heavy atom. The summed E-state index contributed by atoms with van der Waals surface area (Å²) in [6.07, 6.45) is 7.90. The number of rotatable bonds is 6. The second-order valence-electron chi connectivity index (χ2n) is 6.41. The van der Waals surface area contributed by atoms with E-state index in [-0.39, 0.29) is 11.9 Å². The molecule has 0 bridgehead atoms. The number of hydrogen-bond donors (Lipinski definition) is 2. The number of halogens is 1. The van der Waals surface area contributed by atoms with Crippen LogP contribution in [0.4, 0.5) is 16.0 Å². The molecule has 1 atom stereocenters. The first-order chi connectivity index (χ1) is 13.2. The van der Waals surface area contributed by atoms with Gasteiger partial charge >= 0.3 is 0 Å². The third kappa shape index (κ3) is 4.06. The number of nitrogens with one attached hydrogen (secondary N) is 2. The zero-order chi connectivity index (χ0) is 18.6. The highest BCUT2D eigenvalue weighted by Gasteiger charge is 2.16. The second-order valence-corrected chi connectivity index (χ2v) is 6.41. The summed E-state index contributed by atoms with van der Waals surface area (Å²) in [6, 6.07) is 5.98. The number of aromatic nitrogens is 4. The zero-order valence-electron chi connectivity index (χ0n) is 15.0. The van der Waals surface area contributed by atoms with Crippen molar-refractivity contribution in [3.05, 3.63) is 54.5 Å². The molecule has 0 aliphatic carbocycles. The molecule has 2 aromatic heterocycles. The Morgan fingerprint density at radius 3 is 3.04 bits per heavy atom. The Bertz CT molecular complexity index is 909. The van der Waals surface area contributed by atoms with Crippen LogP contribution < -0.4 is 15.4 Å². The van der Waals surface area contributed by atoms with Gasteiger partial charge in [-0.25, -0.2) is 14.4 Å². The summed E-state index contributed by atoms with van der Waals surface area (Å²) in [4.78, 5) is 12.3. The van der Waals surface area contributed by atoms with Gasteiger partial charge < -0.3 is 15.4 Å². The van der Waals surface area contributed by atoms with E-state index >= 15 is 0 Å². The van der Waals surface area contributed by atoms with E-state index in [1.807, 2.05) is 18.2 Å². The fourth-order valence-electron chi connectivity index (χ4n) is 3.04. The van der Waals surface area contributed by atoms with Gasteiger partial charge in [-0.2, -0.15) is 4.98 Å². The fraction of sp³-hybridized carbons (Fsp3) is 0.316. The summed E-state index contributed by atoms with van der Waals surface area (Å²) in [6.45, 7) is 3.92. The number of aryl methyl sites for hydroxylation is 1. The molecule has 0 amide bonds. The van der Waals surface area contributed by atoms with Gasteiger partial charge in [0.25, 0.3) is 0 Å². The van der Waals surface area contributed by atoms with Gasteiger partial charge in [-0.15, -0.1) is 0 Å². The average molecular weight is 368 g/mol. The highest BCUT2D eigenvalue weighted by molar-refractivity contribution is 5.58. The number of benzene rings is 1. The molecule has 0 unspecified atom stereocenters. The van der Waals surface area contributed by atoms with E-state index in [0.29, 0.717) is 5.95 Å². The van der Waals surface area contributed by atoms with Crippen molar-refractivity contribution in [1.29, 1.82) is 0 Å². The standard InChI is InChI=1S/C19H21FN6O/c1-2-13-7-14(9-16(8-13)27-15-3-4-21-10-15)24-19-23-11-17(20)18(25-19)26-6-5-22-12-26/h5-9,11-12,15,21H,2-4,10H2,1H3,(H,23,24,25)/t15-/m1/s1. The van der Waals surface area contributed by atoms with E-state index in [4.69, 9.17) is 4.74 Å². The van der Waals surface area contributed by atoms with Crippen LogP contribution in [-0.2, 0) is 6.42 Å². The maximum absolute atomic E-state index is 14.1. The molecule has 3 heterocycles. The van der Waals surface area contributed by atoms with Crippen molar-refractivity contribution >= 4 is 11.6 Å². The van der Waals surface area contributed by atoms with E-state index in [1.165, 1.54) is 10.9 Å². The third-order valence-electron chi connectivity index (χ3n) is 4.42.